The van der Waals surface area contributed by atoms with Crippen LogP contribution in [0.4, 0.5) is 5.95 Å². The second kappa shape index (κ2) is 10.8. The molecule has 4 rings (SSSR count). The van der Waals surface area contributed by atoms with Crippen molar-refractivity contribution < 1.29 is 9.53 Å². The fourth-order valence-corrected chi connectivity index (χ4v) is 4.88. The number of imidazole rings is 1. The quantitative estimate of drug-likeness (QED) is 0.237. The van der Waals surface area contributed by atoms with Crippen LogP contribution in [0.15, 0.2) is 58.8 Å². The number of aryl methyl sites for hydroxylation is 2. The maximum Gasteiger partial charge on any atom is 0.257 e. The van der Waals surface area contributed by atoms with Gasteiger partial charge in [0.25, 0.3) is 5.91 Å². The maximum absolute atomic E-state index is 12.9. The number of carbonyl (C=O) groups is 1. The average Bonchev–Trinajstić information content (AvgIpc) is 3.38. The Morgan fingerprint density at radius 1 is 1.16 bits per heavy atom. The lowest BCUT2D eigenvalue weighted by molar-refractivity contribution is 0.102. The minimum atomic E-state index is -0.168. The number of benzene rings is 2. The Balaban J connectivity index is 1.43. The van der Waals surface area contributed by atoms with E-state index in [0.717, 1.165) is 45.3 Å². The summed E-state index contributed by atoms with van der Waals surface area (Å²) in [7, 11) is 0. The van der Waals surface area contributed by atoms with E-state index in [1.54, 1.807) is 23.1 Å². The largest absolute Gasteiger partial charge is 0.382 e. The summed E-state index contributed by atoms with van der Waals surface area (Å²) in [6.07, 6.45) is 0.849. The van der Waals surface area contributed by atoms with E-state index in [2.05, 4.69) is 20.7 Å². The SMILES string of the molecule is CCOCCCn1c(NC(=O)c2ccc(SCc3csc(C)n3)cc2)nc2ccccc21. The molecule has 0 atom stereocenters. The van der Waals surface area contributed by atoms with Gasteiger partial charge in [-0.15, -0.1) is 23.1 Å². The van der Waals surface area contributed by atoms with E-state index in [4.69, 9.17) is 4.74 Å². The number of carbonyl (C=O) groups excluding carboxylic acids is 1. The van der Waals surface area contributed by atoms with Crippen LogP contribution in [0.3, 0.4) is 0 Å². The Morgan fingerprint density at radius 2 is 1.97 bits per heavy atom. The molecule has 32 heavy (non-hydrogen) atoms. The lowest BCUT2D eigenvalue weighted by Gasteiger charge is -2.10. The number of hydrogen-bond acceptors (Lipinski definition) is 6. The monoisotopic (exact) mass is 466 g/mol. The second-order valence-electron chi connectivity index (χ2n) is 7.25. The van der Waals surface area contributed by atoms with Crippen LogP contribution < -0.4 is 5.32 Å². The van der Waals surface area contributed by atoms with Gasteiger partial charge in [0.05, 0.1) is 21.7 Å². The van der Waals surface area contributed by atoms with Gasteiger partial charge >= 0.3 is 0 Å². The summed E-state index contributed by atoms with van der Waals surface area (Å²) in [6.45, 7) is 6.10. The predicted molar refractivity (Wildman–Crippen MR) is 132 cm³/mol. The molecule has 0 saturated carbocycles. The highest BCUT2D eigenvalue weighted by molar-refractivity contribution is 7.98. The highest BCUT2D eigenvalue weighted by atomic mass is 32.2. The minimum absolute atomic E-state index is 0.168. The first-order chi connectivity index (χ1) is 15.6. The first-order valence-electron chi connectivity index (χ1n) is 10.6. The molecule has 0 aliphatic rings. The molecule has 0 aliphatic carbocycles. The number of fused-ring (bicyclic) bond motifs is 1. The summed E-state index contributed by atoms with van der Waals surface area (Å²) in [5.74, 6) is 1.21. The molecule has 166 valence electrons. The molecule has 0 unspecified atom stereocenters. The van der Waals surface area contributed by atoms with Crippen molar-refractivity contribution in [2.24, 2.45) is 0 Å². The van der Waals surface area contributed by atoms with Crippen molar-refractivity contribution in [1.82, 2.24) is 14.5 Å². The number of rotatable bonds is 10. The highest BCUT2D eigenvalue weighted by Gasteiger charge is 2.14. The van der Waals surface area contributed by atoms with E-state index in [1.165, 1.54) is 0 Å². The topological polar surface area (TPSA) is 69.0 Å². The van der Waals surface area contributed by atoms with E-state index in [-0.39, 0.29) is 5.91 Å². The Labute approximate surface area is 196 Å². The lowest BCUT2D eigenvalue weighted by atomic mass is 10.2. The number of nitrogens with zero attached hydrogens (tertiary/aromatic N) is 3. The van der Waals surface area contributed by atoms with E-state index in [9.17, 15) is 4.79 Å². The number of ether oxygens (including phenoxy) is 1. The van der Waals surface area contributed by atoms with Crippen molar-refractivity contribution in [2.45, 2.75) is 37.5 Å². The number of anilines is 1. The molecule has 4 aromatic rings. The molecule has 2 heterocycles. The van der Waals surface area contributed by atoms with Crippen molar-refractivity contribution in [3.63, 3.8) is 0 Å². The van der Waals surface area contributed by atoms with Crippen molar-refractivity contribution in [3.05, 3.63) is 70.2 Å². The van der Waals surface area contributed by atoms with Gasteiger partial charge in [-0.3, -0.25) is 10.1 Å². The van der Waals surface area contributed by atoms with Crippen LogP contribution in [0.25, 0.3) is 11.0 Å². The van der Waals surface area contributed by atoms with Gasteiger partial charge in [0, 0.05) is 41.4 Å². The van der Waals surface area contributed by atoms with Gasteiger partial charge in [-0.1, -0.05) is 12.1 Å². The summed E-state index contributed by atoms with van der Waals surface area (Å²) in [6, 6.07) is 15.6. The Hall–Kier alpha value is -2.68. The molecule has 8 heteroatoms. The maximum atomic E-state index is 12.9. The molecule has 0 fully saturated rings. The van der Waals surface area contributed by atoms with Crippen LogP contribution in [0.2, 0.25) is 0 Å². The summed E-state index contributed by atoms with van der Waals surface area (Å²) >= 11 is 3.38. The molecule has 2 aromatic carbocycles. The van der Waals surface area contributed by atoms with Crippen LogP contribution in [0.5, 0.6) is 0 Å². The summed E-state index contributed by atoms with van der Waals surface area (Å²) in [4.78, 5) is 23.1. The first-order valence-corrected chi connectivity index (χ1v) is 12.5. The third-order valence-corrected chi connectivity index (χ3v) is 6.79. The van der Waals surface area contributed by atoms with Crippen LogP contribution in [-0.2, 0) is 17.0 Å². The molecule has 1 amide bonds. The van der Waals surface area contributed by atoms with Crippen LogP contribution in [0.1, 0.15) is 34.4 Å². The molecule has 0 aliphatic heterocycles. The summed E-state index contributed by atoms with van der Waals surface area (Å²) in [5.41, 5.74) is 3.56. The number of thiazole rings is 1. The predicted octanol–water partition coefficient (Wildman–Crippen LogP) is 5.77. The van der Waals surface area contributed by atoms with Gasteiger partial charge in [-0.05, 0) is 56.7 Å². The van der Waals surface area contributed by atoms with E-state index >= 15 is 0 Å². The summed E-state index contributed by atoms with van der Waals surface area (Å²) < 4.78 is 7.52. The zero-order chi connectivity index (χ0) is 22.3. The van der Waals surface area contributed by atoms with Gasteiger partial charge in [-0.2, -0.15) is 0 Å². The van der Waals surface area contributed by atoms with Gasteiger partial charge in [0.2, 0.25) is 5.95 Å². The number of hydrogen-bond donors (Lipinski definition) is 1. The second-order valence-corrected chi connectivity index (χ2v) is 9.36. The number of para-hydroxylation sites is 2. The molecule has 6 nitrogen and oxygen atoms in total. The summed E-state index contributed by atoms with van der Waals surface area (Å²) in [5, 5.41) is 6.16. The molecule has 2 aromatic heterocycles. The molecule has 1 N–H and O–H groups in total. The van der Waals surface area contributed by atoms with Crippen LogP contribution in [0, 0.1) is 6.92 Å². The third kappa shape index (κ3) is 5.56. The zero-order valence-corrected chi connectivity index (χ0v) is 19.8. The number of nitrogens with one attached hydrogen (secondary N) is 1. The fourth-order valence-electron chi connectivity index (χ4n) is 3.37. The standard InChI is InChI=1S/C24H26N4O2S2/c1-3-30-14-6-13-28-22-8-5-4-7-21(22)26-24(28)27-23(29)18-9-11-20(12-10-18)32-16-19-15-31-17(2)25-19/h4-5,7-12,15H,3,6,13-14,16H2,1-2H3,(H,26,27,29). The van der Waals surface area contributed by atoms with Crippen molar-refractivity contribution in [3.8, 4) is 0 Å². The van der Waals surface area contributed by atoms with E-state index in [1.807, 2.05) is 66.9 Å². The number of amides is 1. The zero-order valence-electron chi connectivity index (χ0n) is 18.2. The molecule has 0 bridgehead atoms. The molecule has 0 spiro atoms. The minimum Gasteiger partial charge on any atom is -0.382 e. The lowest BCUT2D eigenvalue weighted by Crippen LogP contribution is -2.16. The highest BCUT2D eigenvalue weighted by Crippen LogP contribution is 2.25. The van der Waals surface area contributed by atoms with Crippen molar-refractivity contribution in [2.75, 3.05) is 18.5 Å². The molecule has 0 radical (unpaired) electrons. The Morgan fingerprint density at radius 3 is 2.72 bits per heavy atom. The first kappa shape index (κ1) is 22.5. The fraction of sp³-hybridized carbons (Fsp3) is 0.292. The van der Waals surface area contributed by atoms with Crippen molar-refractivity contribution >= 4 is 46.0 Å². The van der Waals surface area contributed by atoms with Gasteiger partial charge in [0.15, 0.2) is 0 Å². The molecular formula is C24H26N4O2S2. The smallest absolute Gasteiger partial charge is 0.257 e. The van der Waals surface area contributed by atoms with Crippen molar-refractivity contribution in [1.29, 1.82) is 0 Å². The van der Waals surface area contributed by atoms with Gasteiger partial charge in [-0.25, -0.2) is 9.97 Å². The van der Waals surface area contributed by atoms with Crippen LogP contribution >= 0.6 is 23.1 Å². The average molecular weight is 467 g/mol. The normalized spacial score (nSPS) is 11.2. The van der Waals surface area contributed by atoms with Crippen LogP contribution in [-0.4, -0.2) is 33.7 Å². The number of aromatic nitrogens is 3. The van der Waals surface area contributed by atoms with E-state index < -0.39 is 0 Å². The van der Waals surface area contributed by atoms with E-state index in [0.29, 0.717) is 24.7 Å². The molecular weight excluding hydrogens is 440 g/mol. The van der Waals surface area contributed by atoms with Gasteiger partial charge < -0.3 is 9.30 Å². The van der Waals surface area contributed by atoms with Gasteiger partial charge in [0.1, 0.15) is 0 Å². The number of thioether (sulfide) groups is 1. The Bertz CT molecular complexity index is 1180. The third-order valence-electron chi connectivity index (χ3n) is 4.92. The molecule has 0 saturated heterocycles. The Kier molecular flexibility index (Phi) is 7.57.